The number of sulfonamides is 2. The Balaban J connectivity index is 1.79. The Kier molecular flexibility index (Phi) is 8.17. The van der Waals surface area contributed by atoms with E-state index in [1.807, 2.05) is 0 Å². The maximum atomic E-state index is 12.7. The molecule has 0 unspecified atom stereocenters. The van der Waals surface area contributed by atoms with Crippen LogP contribution in [0.5, 0.6) is 0 Å². The Labute approximate surface area is 201 Å². The number of benzene rings is 2. The van der Waals surface area contributed by atoms with Crippen molar-refractivity contribution in [2.45, 2.75) is 16.0 Å². The van der Waals surface area contributed by atoms with Crippen molar-refractivity contribution in [1.82, 2.24) is 10.1 Å². The van der Waals surface area contributed by atoms with Gasteiger partial charge in [0.15, 0.2) is 0 Å². The molecule has 2 aromatic carbocycles. The Morgan fingerprint density at radius 3 is 2.47 bits per heavy atom. The molecule has 0 aliphatic rings. The zero-order chi connectivity index (χ0) is 24.8. The van der Waals surface area contributed by atoms with Crippen molar-refractivity contribution in [2.75, 3.05) is 17.9 Å². The average Bonchev–Trinajstić information content (AvgIpc) is 3.37. The van der Waals surface area contributed by atoms with Gasteiger partial charge in [-0.25, -0.2) is 27.0 Å². The fourth-order valence-corrected chi connectivity index (χ4v) is 5.93. The summed E-state index contributed by atoms with van der Waals surface area (Å²) in [6.07, 6.45) is 0. The van der Waals surface area contributed by atoms with Gasteiger partial charge in [0.25, 0.3) is 15.9 Å². The van der Waals surface area contributed by atoms with Crippen molar-refractivity contribution in [3.63, 3.8) is 0 Å². The predicted molar refractivity (Wildman–Crippen MR) is 130 cm³/mol. The number of amides is 1. The number of aliphatic hydroxyl groups excluding tert-OH is 1. The molecule has 10 nitrogen and oxygen atoms in total. The Hall–Kier alpha value is -3.10. The maximum absolute atomic E-state index is 12.7. The summed E-state index contributed by atoms with van der Waals surface area (Å²) in [4.78, 5) is 12.7. The Morgan fingerprint density at radius 1 is 1.00 bits per heavy atom. The molecule has 0 saturated carbocycles. The molecule has 3 rings (SSSR count). The van der Waals surface area contributed by atoms with Crippen LogP contribution in [0.15, 0.2) is 80.2 Å². The molecule has 0 saturated heterocycles. The Bertz CT molecular complexity index is 1400. The van der Waals surface area contributed by atoms with E-state index in [4.69, 9.17) is 5.11 Å². The summed E-state index contributed by atoms with van der Waals surface area (Å²) in [6.45, 7) is 1.13. The number of hydrogen-bond acceptors (Lipinski definition) is 8. The van der Waals surface area contributed by atoms with Gasteiger partial charge in [0.2, 0.25) is 10.0 Å². The van der Waals surface area contributed by atoms with Crippen LogP contribution in [-0.2, 0) is 20.0 Å². The molecule has 0 radical (unpaired) electrons. The maximum Gasteiger partial charge on any atom is 0.273 e. The van der Waals surface area contributed by atoms with E-state index in [-0.39, 0.29) is 33.5 Å². The highest BCUT2D eigenvalue weighted by molar-refractivity contribution is 7.94. The highest BCUT2D eigenvalue weighted by Crippen LogP contribution is 2.23. The molecule has 0 aliphatic heterocycles. The summed E-state index contributed by atoms with van der Waals surface area (Å²) in [6, 6.07) is 15.1. The number of hydrogen-bond donors (Lipinski definition) is 4. The number of para-hydroxylation sites is 1. The van der Waals surface area contributed by atoms with Crippen LogP contribution in [0.1, 0.15) is 22.8 Å². The number of aliphatic hydroxyl groups is 1. The number of nitrogens with one attached hydrogen (secondary N) is 3. The monoisotopic (exact) mass is 522 g/mol. The van der Waals surface area contributed by atoms with E-state index in [9.17, 15) is 21.6 Å². The summed E-state index contributed by atoms with van der Waals surface area (Å²) in [5, 5.41) is 14.5. The molecule has 1 amide bonds. The third-order valence-electron chi connectivity index (χ3n) is 4.47. The van der Waals surface area contributed by atoms with Gasteiger partial charge in [0.1, 0.15) is 4.21 Å². The number of hydrazone groups is 1. The first-order chi connectivity index (χ1) is 16.1. The minimum atomic E-state index is -3.85. The van der Waals surface area contributed by atoms with Gasteiger partial charge in [-0.1, -0.05) is 30.3 Å². The van der Waals surface area contributed by atoms with Crippen LogP contribution in [0.3, 0.4) is 0 Å². The molecular formula is C21H22N4O6S3. The lowest BCUT2D eigenvalue weighted by Gasteiger charge is -2.11. The van der Waals surface area contributed by atoms with Gasteiger partial charge >= 0.3 is 0 Å². The smallest absolute Gasteiger partial charge is 0.273 e. The highest BCUT2D eigenvalue weighted by atomic mass is 32.2. The summed E-state index contributed by atoms with van der Waals surface area (Å²) in [5.74, 6) is -0.655. The van der Waals surface area contributed by atoms with Gasteiger partial charge in [-0.15, -0.1) is 11.3 Å². The SMILES string of the molecule is CC(=NNC(=O)c1ccccc1NS(=O)(=O)c1cccs1)c1cccc(S(=O)(=O)NCCO)c1. The lowest BCUT2D eigenvalue weighted by molar-refractivity contribution is 0.0955. The summed E-state index contributed by atoms with van der Waals surface area (Å²) < 4.78 is 54.4. The second-order valence-corrected chi connectivity index (χ2v) is 11.5. The van der Waals surface area contributed by atoms with Crippen molar-refractivity contribution in [2.24, 2.45) is 5.10 Å². The number of nitrogens with zero attached hydrogens (tertiary/aromatic N) is 1. The van der Waals surface area contributed by atoms with Crippen LogP contribution in [0.25, 0.3) is 0 Å². The summed E-state index contributed by atoms with van der Waals surface area (Å²) in [7, 11) is -7.66. The van der Waals surface area contributed by atoms with Crippen LogP contribution in [0.4, 0.5) is 5.69 Å². The highest BCUT2D eigenvalue weighted by Gasteiger charge is 2.19. The molecule has 3 aromatic rings. The molecule has 0 aliphatic carbocycles. The minimum Gasteiger partial charge on any atom is -0.395 e. The number of carbonyl (C=O) groups is 1. The topological polar surface area (TPSA) is 154 Å². The average molecular weight is 523 g/mol. The van der Waals surface area contributed by atoms with Crippen molar-refractivity contribution in [3.05, 3.63) is 77.2 Å². The third kappa shape index (κ3) is 6.27. The molecule has 34 heavy (non-hydrogen) atoms. The van der Waals surface area contributed by atoms with Gasteiger partial charge in [0, 0.05) is 6.54 Å². The van der Waals surface area contributed by atoms with Crippen molar-refractivity contribution >= 4 is 48.7 Å². The van der Waals surface area contributed by atoms with Crippen LogP contribution in [-0.4, -0.2) is 46.7 Å². The molecule has 180 valence electrons. The van der Waals surface area contributed by atoms with Crippen molar-refractivity contribution in [1.29, 1.82) is 0 Å². The first-order valence-corrected chi connectivity index (χ1v) is 13.7. The van der Waals surface area contributed by atoms with E-state index in [1.54, 1.807) is 36.6 Å². The van der Waals surface area contributed by atoms with Crippen LogP contribution in [0.2, 0.25) is 0 Å². The number of anilines is 1. The van der Waals surface area contributed by atoms with Crippen molar-refractivity contribution < 1.29 is 26.7 Å². The standard InChI is InChI=1S/C21H22N4O6S3/c1-15(16-6-4-7-17(14-16)33(28,29)22-11-12-26)23-24-21(27)18-8-2-3-9-19(18)25-34(30,31)20-10-5-13-32-20/h2-10,13-14,22,25-26H,11-12H2,1H3,(H,24,27). The number of thiophene rings is 1. The van der Waals surface area contributed by atoms with E-state index in [0.717, 1.165) is 11.3 Å². The van der Waals surface area contributed by atoms with E-state index < -0.39 is 26.0 Å². The quantitative estimate of drug-likeness (QED) is 0.236. The molecule has 1 heterocycles. The molecular weight excluding hydrogens is 500 g/mol. The lowest BCUT2D eigenvalue weighted by atomic mass is 10.1. The zero-order valence-corrected chi connectivity index (χ0v) is 20.4. The first-order valence-electron chi connectivity index (χ1n) is 9.85. The second kappa shape index (κ2) is 10.9. The molecule has 13 heteroatoms. The molecule has 0 fully saturated rings. The first kappa shape index (κ1) is 25.5. The third-order valence-corrected chi connectivity index (χ3v) is 8.69. The molecule has 0 spiro atoms. The minimum absolute atomic E-state index is 0.0207. The largest absolute Gasteiger partial charge is 0.395 e. The zero-order valence-electron chi connectivity index (χ0n) is 17.9. The number of carbonyl (C=O) groups excluding carboxylic acids is 1. The number of rotatable bonds is 10. The molecule has 1 aromatic heterocycles. The van der Waals surface area contributed by atoms with E-state index >= 15 is 0 Å². The molecule has 4 N–H and O–H groups in total. The van der Waals surface area contributed by atoms with Crippen LogP contribution < -0.4 is 14.9 Å². The van der Waals surface area contributed by atoms with Gasteiger partial charge in [-0.2, -0.15) is 5.10 Å². The van der Waals surface area contributed by atoms with Gasteiger partial charge < -0.3 is 5.11 Å². The molecule has 0 atom stereocenters. The van der Waals surface area contributed by atoms with E-state index in [2.05, 4.69) is 20.0 Å². The fraction of sp³-hybridized carbons (Fsp3) is 0.143. The Morgan fingerprint density at radius 2 is 1.76 bits per heavy atom. The van der Waals surface area contributed by atoms with Crippen LogP contribution in [0, 0.1) is 0 Å². The van der Waals surface area contributed by atoms with Crippen molar-refractivity contribution in [3.8, 4) is 0 Å². The van der Waals surface area contributed by atoms with Gasteiger partial charge in [0.05, 0.1) is 28.5 Å². The van der Waals surface area contributed by atoms with Gasteiger partial charge in [-0.3, -0.25) is 9.52 Å². The van der Waals surface area contributed by atoms with E-state index in [0.29, 0.717) is 11.3 Å². The molecule has 0 bridgehead atoms. The summed E-state index contributed by atoms with van der Waals surface area (Å²) >= 11 is 1.05. The predicted octanol–water partition coefficient (Wildman–Crippen LogP) is 1.97. The lowest BCUT2D eigenvalue weighted by Crippen LogP contribution is -2.26. The van der Waals surface area contributed by atoms with Gasteiger partial charge in [-0.05, 0) is 48.2 Å². The normalized spacial score (nSPS) is 12.4. The van der Waals surface area contributed by atoms with Crippen LogP contribution >= 0.6 is 11.3 Å². The van der Waals surface area contributed by atoms with E-state index in [1.165, 1.54) is 36.4 Å². The second-order valence-electron chi connectivity index (χ2n) is 6.87. The fourth-order valence-electron chi connectivity index (χ4n) is 2.79. The summed E-state index contributed by atoms with van der Waals surface area (Å²) in [5.41, 5.74) is 3.28.